The minimum absolute atomic E-state index is 0.0120. The molecule has 0 radical (unpaired) electrons. The van der Waals surface area contributed by atoms with Crippen LogP contribution in [0.3, 0.4) is 0 Å². The molecule has 0 spiro atoms. The Morgan fingerprint density at radius 2 is 1.86 bits per heavy atom. The average Bonchev–Trinajstić information content (AvgIpc) is 2.67. The van der Waals surface area contributed by atoms with Crippen molar-refractivity contribution >= 4 is 22.7 Å². The number of para-hydroxylation sites is 1. The maximum Gasteiger partial charge on any atom is 0.261 e. The van der Waals surface area contributed by atoms with Crippen molar-refractivity contribution in [3.63, 3.8) is 0 Å². The Hall–Kier alpha value is -2.74. The molecule has 2 aromatic rings. The fourth-order valence-electron chi connectivity index (χ4n) is 3.37. The van der Waals surface area contributed by atoms with Gasteiger partial charge in [0.2, 0.25) is 11.8 Å². The highest BCUT2D eigenvalue weighted by atomic mass is 16.2. The Morgan fingerprint density at radius 1 is 1.14 bits per heavy atom. The fourth-order valence-corrected chi connectivity index (χ4v) is 3.37. The van der Waals surface area contributed by atoms with Crippen molar-refractivity contribution in [1.29, 1.82) is 0 Å². The summed E-state index contributed by atoms with van der Waals surface area (Å²) in [6, 6.07) is 7.32. The van der Waals surface area contributed by atoms with Gasteiger partial charge in [-0.05, 0) is 26.0 Å². The lowest BCUT2D eigenvalue weighted by atomic mass is 10.2. The molecule has 1 aromatic heterocycles. The van der Waals surface area contributed by atoms with E-state index < -0.39 is 0 Å². The molecule has 150 valence electrons. The molecule has 0 saturated carbocycles. The minimum Gasteiger partial charge on any atom is -0.353 e. The van der Waals surface area contributed by atoms with Crippen LogP contribution in [-0.2, 0) is 16.1 Å². The fraction of sp³-hybridized carbons (Fsp3) is 0.500. The number of nitrogens with zero attached hydrogens (tertiary/aromatic N) is 4. The summed E-state index contributed by atoms with van der Waals surface area (Å²) in [6.45, 7) is 7.08. The molecule has 0 aliphatic carbocycles. The smallest absolute Gasteiger partial charge is 0.261 e. The third kappa shape index (κ3) is 4.95. The molecule has 1 N–H and O–H groups in total. The second kappa shape index (κ2) is 8.97. The van der Waals surface area contributed by atoms with Crippen LogP contribution in [0.15, 0.2) is 35.4 Å². The standard InChI is InChI=1S/C20H27N5O3/c1-15(2)22-18(26)13-23-9-11-24(12-10-23)19(27)7-8-25-14-21-17-6-4-3-5-16(17)20(25)28/h3-6,14-15H,7-13H2,1-2H3,(H,22,26). The molecule has 2 heterocycles. The summed E-state index contributed by atoms with van der Waals surface area (Å²) < 4.78 is 1.49. The van der Waals surface area contributed by atoms with Crippen LogP contribution in [0.25, 0.3) is 10.9 Å². The van der Waals surface area contributed by atoms with Crippen LogP contribution >= 0.6 is 0 Å². The van der Waals surface area contributed by atoms with Crippen molar-refractivity contribution in [3.8, 4) is 0 Å². The molecule has 0 atom stereocenters. The van der Waals surface area contributed by atoms with Gasteiger partial charge in [-0.3, -0.25) is 23.9 Å². The van der Waals surface area contributed by atoms with Gasteiger partial charge in [-0.1, -0.05) is 12.1 Å². The normalized spacial score (nSPS) is 15.2. The van der Waals surface area contributed by atoms with Gasteiger partial charge in [0.15, 0.2) is 0 Å². The molecule has 3 rings (SSSR count). The third-order valence-electron chi connectivity index (χ3n) is 4.84. The first-order valence-corrected chi connectivity index (χ1v) is 9.67. The summed E-state index contributed by atoms with van der Waals surface area (Å²) in [5.74, 6) is 0.0318. The van der Waals surface area contributed by atoms with Crippen LogP contribution in [0.1, 0.15) is 20.3 Å². The molecule has 1 aliphatic heterocycles. The number of fused-ring (bicyclic) bond motifs is 1. The molecule has 0 bridgehead atoms. The molecular weight excluding hydrogens is 358 g/mol. The number of aryl methyl sites for hydroxylation is 1. The number of amides is 2. The topological polar surface area (TPSA) is 87.5 Å². The zero-order valence-corrected chi connectivity index (χ0v) is 16.4. The predicted octanol–water partition coefficient (Wildman–Crippen LogP) is 0.455. The first kappa shape index (κ1) is 20.0. The average molecular weight is 385 g/mol. The van der Waals surface area contributed by atoms with Gasteiger partial charge in [0.05, 0.1) is 23.8 Å². The van der Waals surface area contributed by atoms with Crippen molar-refractivity contribution in [2.45, 2.75) is 32.9 Å². The van der Waals surface area contributed by atoms with E-state index in [1.54, 1.807) is 17.0 Å². The van der Waals surface area contributed by atoms with E-state index in [9.17, 15) is 14.4 Å². The maximum atomic E-state index is 12.5. The van der Waals surface area contributed by atoms with Crippen molar-refractivity contribution in [2.75, 3.05) is 32.7 Å². The van der Waals surface area contributed by atoms with Gasteiger partial charge >= 0.3 is 0 Å². The summed E-state index contributed by atoms with van der Waals surface area (Å²) in [5, 5.41) is 3.44. The summed E-state index contributed by atoms with van der Waals surface area (Å²) in [4.78, 5) is 45.0. The molecule has 0 unspecified atom stereocenters. The number of carbonyl (C=O) groups is 2. The third-order valence-corrected chi connectivity index (χ3v) is 4.84. The van der Waals surface area contributed by atoms with Gasteiger partial charge in [-0.25, -0.2) is 4.98 Å². The van der Waals surface area contributed by atoms with Gasteiger partial charge in [-0.15, -0.1) is 0 Å². The number of piperazine rings is 1. The van der Waals surface area contributed by atoms with Crippen molar-refractivity contribution < 1.29 is 9.59 Å². The zero-order chi connectivity index (χ0) is 20.1. The molecule has 1 aliphatic rings. The van der Waals surface area contributed by atoms with Gasteiger partial charge in [0, 0.05) is 45.2 Å². The van der Waals surface area contributed by atoms with Crippen LogP contribution in [0.4, 0.5) is 0 Å². The highest BCUT2D eigenvalue weighted by Gasteiger charge is 2.22. The van der Waals surface area contributed by atoms with Crippen molar-refractivity contribution in [2.24, 2.45) is 0 Å². The number of benzene rings is 1. The second-order valence-electron chi connectivity index (χ2n) is 7.39. The van der Waals surface area contributed by atoms with Gasteiger partial charge < -0.3 is 10.2 Å². The lowest BCUT2D eigenvalue weighted by Crippen LogP contribution is -2.51. The van der Waals surface area contributed by atoms with Crippen LogP contribution in [0, 0.1) is 0 Å². The molecule has 1 fully saturated rings. The van der Waals surface area contributed by atoms with E-state index in [1.807, 2.05) is 26.0 Å². The first-order valence-electron chi connectivity index (χ1n) is 9.67. The van der Waals surface area contributed by atoms with Gasteiger partial charge in [-0.2, -0.15) is 0 Å². The Balaban J connectivity index is 1.49. The number of aromatic nitrogens is 2. The molecule has 8 nitrogen and oxygen atoms in total. The van der Waals surface area contributed by atoms with Gasteiger partial charge in [0.1, 0.15) is 0 Å². The summed E-state index contributed by atoms with van der Waals surface area (Å²) >= 11 is 0. The maximum absolute atomic E-state index is 12.5. The quantitative estimate of drug-likeness (QED) is 0.780. The number of nitrogens with one attached hydrogen (secondary N) is 1. The Kier molecular flexibility index (Phi) is 6.41. The summed E-state index contributed by atoms with van der Waals surface area (Å²) in [7, 11) is 0. The molecule has 28 heavy (non-hydrogen) atoms. The molecule has 1 saturated heterocycles. The zero-order valence-electron chi connectivity index (χ0n) is 16.4. The Labute approximate surface area is 164 Å². The summed E-state index contributed by atoms with van der Waals surface area (Å²) in [5.41, 5.74) is 0.534. The molecule has 2 amide bonds. The lowest BCUT2D eigenvalue weighted by molar-refractivity contribution is -0.133. The lowest BCUT2D eigenvalue weighted by Gasteiger charge is -2.34. The van der Waals surface area contributed by atoms with E-state index >= 15 is 0 Å². The Bertz CT molecular complexity index is 900. The van der Waals surface area contributed by atoms with E-state index in [2.05, 4.69) is 15.2 Å². The monoisotopic (exact) mass is 385 g/mol. The molecule has 1 aromatic carbocycles. The van der Waals surface area contributed by atoms with E-state index in [0.717, 1.165) is 0 Å². The second-order valence-corrected chi connectivity index (χ2v) is 7.39. The van der Waals surface area contributed by atoms with Crippen LogP contribution in [0.5, 0.6) is 0 Å². The summed E-state index contributed by atoms with van der Waals surface area (Å²) in [6.07, 6.45) is 1.76. The first-order chi connectivity index (χ1) is 13.4. The highest BCUT2D eigenvalue weighted by Crippen LogP contribution is 2.07. The van der Waals surface area contributed by atoms with Crippen molar-refractivity contribution in [1.82, 2.24) is 24.7 Å². The van der Waals surface area contributed by atoms with E-state index in [0.29, 0.717) is 50.2 Å². The molecular formula is C20H27N5O3. The van der Waals surface area contributed by atoms with E-state index in [-0.39, 0.29) is 29.8 Å². The number of hydrogen-bond donors (Lipinski definition) is 1. The number of rotatable bonds is 6. The van der Waals surface area contributed by atoms with Crippen LogP contribution in [0.2, 0.25) is 0 Å². The van der Waals surface area contributed by atoms with Crippen LogP contribution < -0.4 is 10.9 Å². The SMILES string of the molecule is CC(C)NC(=O)CN1CCN(C(=O)CCn2cnc3ccccc3c2=O)CC1. The number of hydrogen-bond acceptors (Lipinski definition) is 5. The molecule has 8 heteroatoms. The largest absolute Gasteiger partial charge is 0.353 e. The predicted molar refractivity (Wildman–Crippen MR) is 107 cm³/mol. The van der Waals surface area contributed by atoms with E-state index in [1.165, 1.54) is 10.9 Å². The number of carbonyl (C=O) groups excluding carboxylic acids is 2. The minimum atomic E-state index is -0.126. The van der Waals surface area contributed by atoms with Crippen LogP contribution in [-0.4, -0.2) is 69.9 Å². The van der Waals surface area contributed by atoms with Crippen molar-refractivity contribution in [3.05, 3.63) is 40.9 Å². The Morgan fingerprint density at radius 3 is 2.57 bits per heavy atom. The van der Waals surface area contributed by atoms with Gasteiger partial charge in [0.25, 0.3) is 5.56 Å². The highest BCUT2D eigenvalue weighted by molar-refractivity contribution is 5.79. The van der Waals surface area contributed by atoms with E-state index in [4.69, 9.17) is 0 Å².